The molecule has 1 aliphatic heterocycles. The van der Waals surface area contributed by atoms with Crippen molar-refractivity contribution in [2.45, 2.75) is 11.8 Å². The summed E-state index contributed by atoms with van der Waals surface area (Å²) in [5.41, 5.74) is 1.17. The average molecular weight is 642 g/mol. The topological polar surface area (TPSA) is 111 Å². The van der Waals surface area contributed by atoms with Crippen LogP contribution in [-0.2, 0) is 19.1 Å². The summed E-state index contributed by atoms with van der Waals surface area (Å²) in [4.78, 5) is 51.5. The van der Waals surface area contributed by atoms with E-state index in [0.717, 1.165) is 21.6 Å². The lowest BCUT2D eigenvalue weighted by molar-refractivity contribution is -0.145. The van der Waals surface area contributed by atoms with Crippen LogP contribution in [0, 0.1) is 3.57 Å². The highest BCUT2D eigenvalue weighted by Gasteiger charge is 2.36. The minimum absolute atomic E-state index is 0.176. The summed E-state index contributed by atoms with van der Waals surface area (Å²) in [5, 5.41) is 2.18. The molecule has 0 aliphatic carbocycles. The number of anilines is 1. The molecule has 2 aromatic rings. The Morgan fingerprint density at radius 1 is 1.22 bits per heavy atom. The highest BCUT2D eigenvalue weighted by Crippen LogP contribution is 2.37. The molecule has 1 heterocycles. The van der Waals surface area contributed by atoms with Crippen LogP contribution in [0.25, 0.3) is 6.08 Å². The molecule has 0 spiro atoms. The van der Waals surface area contributed by atoms with Crippen molar-refractivity contribution in [1.29, 1.82) is 0 Å². The number of nitrogens with zero attached hydrogens (tertiary/aromatic N) is 1. The van der Waals surface area contributed by atoms with Gasteiger partial charge in [0.2, 0.25) is 5.91 Å². The fourth-order valence-electron chi connectivity index (χ4n) is 3.13. The Morgan fingerprint density at radius 3 is 2.69 bits per heavy atom. The molecular formula is C24H23IN2O7S2. The van der Waals surface area contributed by atoms with Crippen molar-refractivity contribution in [1.82, 2.24) is 4.90 Å². The highest BCUT2D eigenvalue weighted by molar-refractivity contribution is 14.1. The zero-order chi connectivity index (χ0) is 26.2. The van der Waals surface area contributed by atoms with E-state index in [9.17, 15) is 19.2 Å². The number of benzene rings is 2. The van der Waals surface area contributed by atoms with Gasteiger partial charge in [-0.2, -0.15) is 0 Å². The number of ether oxygens (including phenoxy) is 3. The zero-order valence-corrected chi connectivity index (χ0v) is 23.5. The smallest absolute Gasteiger partial charge is 0.344 e. The van der Waals surface area contributed by atoms with Crippen LogP contribution in [0.3, 0.4) is 0 Å². The van der Waals surface area contributed by atoms with Gasteiger partial charge in [-0.25, -0.2) is 4.79 Å². The molecule has 1 N–H and O–H groups in total. The fourth-order valence-corrected chi connectivity index (χ4v) is 5.21. The molecule has 3 rings (SSSR count). The van der Waals surface area contributed by atoms with E-state index in [1.807, 2.05) is 47.0 Å². The maximum absolute atomic E-state index is 12.9. The molecular weight excluding hydrogens is 619 g/mol. The first-order valence-corrected chi connectivity index (χ1v) is 13.7. The van der Waals surface area contributed by atoms with Gasteiger partial charge in [-0.3, -0.25) is 19.3 Å². The van der Waals surface area contributed by atoms with Crippen LogP contribution in [-0.4, -0.2) is 61.0 Å². The Labute approximate surface area is 230 Å². The van der Waals surface area contributed by atoms with Crippen LogP contribution >= 0.6 is 46.1 Å². The van der Waals surface area contributed by atoms with Gasteiger partial charge in [0.25, 0.3) is 11.1 Å². The molecule has 1 saturated heterocycles. The first-order chi connectivity index (χ1) is 17.2. The van der Waals surface area contributed by atoms with Gasteiger partial charge in [0.1, 0.15) is 6.54 Å². The monoisotopic (exact) mass is 642 g/mol. The molecule has 0 atom stereocenters. The number of hydrogen-bond donors (Lipinski definition) is 1. The van der Waals surface area contributed by atoms with Crippen molar-refractivity contribution in [3.8, 4) is 11.5 Å². The number of amides is 3. The predicted molar refractivity (Wildman–Crippen MR) is 147 cm³/mol. The van der Waals surface area contributed by atoms with Crippen molar-refractivity contribution in [3.05, 3.63) is 50.4 Å². The van der Waals surface area contributed by atoms with E-state index in [4.69, 9.17) is 14.2 Å². The van der Waals surface area contributed by atoms with Crippen molar-refractivity contribution >= 4 is 80.9 Å². The van der Waals surface area contributed by atoms with Gasteiger partial charge in [-0.15, -0.1) is 11.8 Å². The van der Waals surface area contributed by atoms with Gasteiger partial charge in [0, 0.05) is 10.6 Å². The maximum atomic E-state index is 12.9. The van der Waals surface area contributed by atoms with E-state index in [1.165, 1.54) is 18.9 Å². The minimum atomic E-state index is -0.561. The third-order valence-corrected chi connectivity index (χ3v) is 7.15. The molecule has 36 heavy (non-hydrogen) atoms. The molecule has 0 aromatic heterocycles. The Balaban J connectivity index is 1.72. The molecule has 0 radical (unpaired) electrons. The van der Waals surface area contributed by atoms with E-state index in [0.29, 0.717) is 26.3 Å². The van der Waals surface area contributed by atoms with Crippen molar-refractivity contribution in [3.63, 3.8) is 0 Å². The summed E-state index contributed by atoms with van der Waals surface area (Å²) in [6.07, 6.45) is 3.47. The lowest BCUT2D eigenvalue weighted by atomic mass is 10.2. The van der Waals surface area contributed by atoms with E-state index in [2.05, 4.69) is 5.32 Å². The number of halogens is 1. The van der Waals surface area contributed by atoms with E-state index < -0.39 is 29.6 Å². The minimum Gasteiger partial charge on any atom is -0.493 e. The molecule has 1 aliphatic rings. The predicted octanol–water partition coefficient (Wildman–Crippen LogP) is 4.64. The normalized spacial score (nSPS) is 14.2. The number of rotatable bonds is 10. The van der Waals surface area contributed by atoms with Crippen molar-refractivity contribution in [2.24, 2.45) is 0 Å². The Morgan fingerprint density at radius 2 is 2.00 bits per heavy atom. The molecule has 3 amide bonds. The molecule has 12 heteroatoms. The Bertz CT molecular complexity index is 1220. The van der Waals surface area contributed by atoms with Gasteiger partial charge in [0.05, 0.1) is 22.2 Å². The number of hydrogen-bond acceptors (Lipinski definition) is 9. The first kappa shape index (κ1) is 27.9. The lowest BCUT2D eigenvalue weighted by Gasteiger charge is -2.13. The second-order valence-electron chi connectivity index (χ2n) is 7.18. The maximum Gasteiger partial charge on any atom is 0.344 e. The summed E-state index contributed by atoms with van der Waals surface area (Å²) in [6.45, 7) is 1.28. The average Bonchev–Trinajstić information content (AvgIpc) is 3.10. The SMILES string of the molecule is CCOC(=O)COc1c(I)cc(/C=C2/SC(=O)N(CC(=O)Nc3cccc(SC)c3)C2=O)cc1OC. The molecule has 0 bridgehead atoms. The number of esters is 1. The Hall–Kier alpha value is -2.71. The van der Waals surface area contributed by atoms with E-state index >= 15 is 0 Å². The summed E-state index contributed by atoms with van der Waals surface area (Å²) in [7, 11) is 1.45. The first-order valence-electron chi connectivity index (χ1n) is 10.6. The Kier molecular flexibility index (Phi) is 10.1. The second-order valence-corrected chi connectivity index (χ2v) is 10.2. The number of imide groups is 1. The van der Waals surface area contributed by atoms with E-state index in [-0.39, 0.29) is 18.1 Å². The van der Waals surface area contributed by atoms with Crippen LogP contribution in [0.1, 0.15) is 12.5 Å². The summed E-state index contributed by atoms with van der Waals surface area (Å²) in [5.74, 6) is -0.831. The number of carbonyl (C=O) groups excluding carboxylic acids is 4. The zero-order valence-electron chi connectivity index (χ0n) is 19.7. The van der Waals surface area contributed by atoms with Crippen LogP contribution in [0.2, 0.25) is 0 Å². The van der Waals surface area contributed by atoms with Crippen molar-refractivity contribution < 1.29 is 33.4 Å². The second kappa shape index (κ2) is 13.0. The molecule has 0 unspecified atom stereocenters. The standard InChI is InChI=1S/C24H23IN2O7S2/c1-4-33-21(29)13-34-22-17(25)8-14(9-18(22)32-2)10-19-23(30)27(24(31)36-19)12-20(28)26-15-6-5-7-16(11-15)35-3/h5-11H,4,12-13H2,1-3H3,(H,26,28)/b19-10+. The van der Waals surface area contributed by atoms with Crippen LogP contribution in [0.5, 0.6) is 11.5 Å². The van der Waals surface area contributed by atoms with Crippen molar-refractivity contribution in [2.75, 3.05) is 38.4 Å². The number of carbonyl (C=O) groups is 4. The van der Waals surface area contributed by atoms with Crippen LogP contribution in [0.4, 0.5) is 10.5 Å². The van der Waals surface area contributed by atoms with Crippen LogP contribution < -0.4 is 14.8 Å². The summed E-state index contributed by atoms with van der Waals surface area (Å²) < 4.78 is 16.4. The van der Waals surface area contributed by atoms with Gasteiger partial charge < -0.3 is 19.5 Å². The quantitative estimate of drug-likeness (QED) is 0.172. The van der Waals surface area contributed by atoms with Gasteiger partial charge >= 0.3 is 5.97 Å². The number of thioether (sulfide) groups is 2. The van der Waals surface area contributed by atoms with Gasteiger partial charge in [0.15, 0.2) is 18.1 Å². The molecule has 9 nitrogen and oxygen atoms in total. The summed E-state index contributed by atoms with van der Waals surface area (Å²) >= 11 is 4.31. The summed E-state index contributed by atoms with van der Waals surface area (Å²) in [6, 6.07) is 10.6. The molecule has 1 fully saturated rings. The van der Waals surface area contributed by atoms with E-state index in [1.54, 1.807) is 31.2 Å². The lowest BCUT2D eigenvalue weighted by Crippen LogP contribution is -2.36. The third-order valence-electron chi connectivity index (χ3n) is 4.72. The highest BCUT2D eigenvalue weighted by atomic mass is 127. The number of nitrogens with one attached hydrogen (secondary N) is 1. The van der Waals surface area contributed by atoms with Gasteiger partial charge in [-0.1, -0.05) is 6.07 Å². The largest absolute Gasteiger partial charge is 0.493 e. The molecule has 2 aromatic carbocycles. The fraction of sp³-hybridized carbons (Fsp3) is 0.250. The molecule has 0 saturated carbocycles. The van der Waals surface area contributed by atoms with Crippen LogP contribution in [0.15, 0.2) is 46.2 Å². The molecule has 190 valence electrons. The van der Waals surface area contributed by atoms with Gasteiger partial charge in [-0.05, 0) is 89.5 Å². The third kappa shape index (κ3) is 7.17. The number of methoxy groups -OCH3 is 1.